The average molecular weight is 372 g/mol. The Hall–Kier alpha value is -1.99. The Morgan fingerprint density at radius 3 is 2.40 bits per heavy atom. The molecule has 0 bridgehead atoms. The molecule has 1 saturated heterocycles. The van der Waals surface area contributed by atoms with E-state index in [1.807, 2.05) is 14.0 Å². The topological polar surface area (TPSA) is 79.9 Å². The molecule has 0 spiro atoms. The quantitative estimate of drug-likeness (QED) is 0.753. The van der Waals surface area contributed by atoms with Crippen LogP contribution in [0.15, 0.2) is 18.2 Å². The molecule has 140 valence electrons. The number of halogens is 1. The van der Waals surface area contributed by atoms with E-state index in [0.717, 1.165) is 0 Å². The predicted octanol–water partition coefficient (Wildman–Crippen LogP) is 1.20. The maximum absolute atomic E-state index is 12.3. The highest BCUT2D eigenvalue weighted by Crippen LogP contribution is 2.32. The standard InChI is InChI=1S/C17H25N3O4.ClH/c1-11(18-2)9-19-17(22)12-5-16(21)20(10-12)13-6-14(23-3)8-15(7-13)24-4;/h6-8,11-12,18H,5,9-10H2,1-4H3,(H,19,22);1H. The third-order valence-electron chi connectivity index (χ3n) is 4.22. The van der Waals surface area contributed by atoms with Crippen molar-refractivity contribution in [3.8, 4) is 11.5 Å². The summed E-state index contributed by atoms with van der Waals surface area (Å²) in [4.78, 5) is 26.2. The van der Waals surface area contributed by atoms with E-state index < -0.39 is 0 Å². The van der Waals surface area contributed by atoms with Gasteiger partial charge >= 0.3 is 0 Å². The van der Waals surface area contributed by atoms with E-state index in [2.05, 4.69) is 10.6 Å². The van der Waals surface area contributed by atoms with Gasteiger partial charge in [0.05, 0.1) is 25.8 Å². The summed E-state index contributed by atoms with van der Waals surface area (Å²) in [5, 5.41) is 5.94. The largest absolute Gasteiger partial charge is 0.497 e. The minimum Gasteiger partial charge on any atom is -0.497 e. The highest BCUT2D eigenvalue weighted by atomic mass is 35.5. The Morgan fingerprint density at radius 1 is 1.28 bits per heavy atom. The van der Waals surface area contributed by atoms with Crippen molar-refractivity contribution in [2.75, 3.05) is 39.3 Å². The number of benzene rings is 1. The van der Waals surface area contributed by atoms with Crippen molar-refractivity contribution in [2.45, 2.75) is 19.4 Å². The average Bonchev–Trinajstić information content (AvgIpc) is 3.00. The summed E-state index contributed by atoms with van der Waals surface area (Å²) in [5.41, 5.74) is 0.676. The Labute approximate surface area is 154 Å². The molecule has 0 saturated carbocycles. The van der Waals surface area contributed by atoms with Gasteiger partial charge in [-0.05, 0) is 14.0 Å². The number of hydrogen-bond donors (Lipinski definition) is 2. The van der Waals surface area contributed by atoms with Crippen molar-refractivity contribution in [2.24, 2.45) is 5.92 Å². The smallest absolute Gasteiger partial charge is 0.227 e. The molecule has 1 fully saturated rings. The number of carbonyl (C=O) groups excluding carboxylic acids is 2. The molecule has 1 aromatic rings. The van der Waals surface area contributed by atoms with E-state index >= 15 is 0 Å². The molecule has 2 N–H and O–H groups in total. The van der Waals surface area contributed by atoms with Crippen LogP contribution in [-0.2, 0) is 9.59 Å². The minimum atomic E-state index is -0.348. The molecule has 1 heterocycles. The van der Waals surface area contributed by atoms with Gasteiger partial charge in [0.25, 0.3) is 0 Å². The maximum Gasteiger partial charge on any atom is 0.227 e. The first-order valence-corrected chi connectivity index (χ1v) is 7.97. The van der Waals surface area contributed by atoms with Gasteiger partial charge < -0.3 is 25.0 Å². The van der Waals surface area contributed by atoms with Crippen LogP contribution in [0.1, 0.15) is 13.3 Å². The van der Waals surface area contributed by atoms with Gasteiger partial charge in [-0.25, -0.2) is 0 Å². The van der Waals surface area contributed by atoms with Crippen LogP contribution in [0.25, 0.3) is 0 Å². The van der Waals surface area contributed by atoms with Gasteiger partial charge in [0, 0.05) is 43.8 Å². The van der Waals surface area contributed by atoms with Crippen molar-refractivity contribution >= 4 is 29.9 Å². The second-order valence-corrected chi connectivity index (χ2v) is 5.91. The molecule has 1 aliphatic rings. The molecular weight excluding hydrogens is 346 g/mol. The lowest BCUT2D eigenvalue weighted by atomic mass is 10.1. The molecule has 0 aliphatic carbocycles. The Morgan fingerprint density at radius 2 is 1.88 bits per heavy atom. The zero-order valence-corrected chi connectivity index (χ0v) is 15.8. The molecule has 25 heavy (non-hydrogen) atoms. The summed E-state index contributed by atoms with van der Waals surface area (Å²) >= 11 is 0. The van der Waals surface area contributed by atoms with Gasteiger partial charge in [0.15, 0.2) is 0 Å². The number of nitrogens with zero attached hydrogens (tertiary/aromatic N) is 1. The molecular formula is C17H26ClN3O4. The molecule has 2 unspecified atom stereocenters. The van der Waals surface area contributed by atoms with E-state index in [9.17, 15) is 9.59 Å². The maximum atomic E-state index is 12.3. The van der Waals surface area contributed by atoms with E-state index in [-0.39, 0.29) is 42.6 Å². The molecule has 2 amide bonds. The molecule has 8 heteroatoms. The monoisotopic (exact) mass is 371 g/mol. The summed E-state index contributed by atoms with van der Waals surface area (Å²) in [6.07, 6.45) is 0.208. The highest BCUT2D eigenvalue weighted by molar-refractivity contribution is 6.00. The third kappa shape index (κ3) is 5.24. The Kier molecular flexibility index (Phi) is 7.99. The van der Waals surface area contributed by atoms with Crippen LogP contribution in [0.5, 0.6) is 11.5 Å². The first-order valence-electron chi connectivity index (χ1n) is 7.97. The SMILES string of the molecule is CNC(C)CNC(=O)C1CC(=O)N(c2cc(OC)cc(OC)c2)C1.Cl. The fraction of sp³-hybridized carbons (Fsp3) is 0.529. The predicted molar refractivity (Wildman–Crippen MR) is 98.8 cm³/mol. The van der Waals surface area contributed by atoms with Crippen LogP contribution < -0.4 is 25.0 Å². The lowest BCUT2D eigenvalue weighted by Gasteiger charge is -2.19. The van der Waals surface area contributed by atoms with Crippen molar-refractivity contribution in [1.82, 2.24) is 10.6 Å². The zero-order valence-electron chi connectivity index (χ0n) is 15.0. The fourth-order valence-corrected chi connectivity index (χ4v) is 2.58. The first kappa shape index (κ1) is 21.1. The Balaban J connectivity index is 0.00000312. The summed E-state index contributed by atoms with van der Waals surface area (Å²) in [5.74, 6) is 0.689. The van der Waals surface area contributed by atoms with Gasteiger partial charge in [-0.1, -0.05) is 0 Å². The van der Waals surface area contributed by atoms with E-state index in [1.54, 1.807) is 37.3 Å². The molecule has 0 aromatic heterocycles. The molecule has 2 atom stereocenters. The number of amides is 2. The van der Waals surface area contributed by atoms with Gasteiger partial charge in [-0.3, -0.25) is 9.59 Å². The van der Waals surface area contributed by atoms with E-state index in [0.29, 0.717) is 30.3 Å². The zero-order chi connectivity index (χ0) is 17.7. The van der Waals surface area contributed by atoms with Gasteiger partial charge in [-0.15, -0.1) is 12.4 Å². The van der Waals surface area contributed by atoms with Crippen LogP contribution in [-0.4, -0.2) is 52.2 Å². The van der Waals surface area contributed by atoms with Crippen LogP contribution in [0, 0.1) is 5.92 Å². The number of ether oxygens (including phenoxy) is 2. The van der Waals surface area contributed by atoms with Crippen LogP contribution >= 0.6 is 12.4 Å². The molecule has 1 aromatic carbocycles. The number of rotatable bonds is 7. The Bertz CT molecular complexity index is 589. The lowest BCUT2D eigenvalue weighted by Crippen LogP contribution is -2.40. The number of carbonyl (C=O) groups is 2. The first-order chi connectivity index (χ1) is 11.5. The van der Waals surface area contributed by atoms with Crippen LogP contribution in [0.4, 0.5) is 5.69 Å². The van der Waals surface area contributed by atoms with Gasteiger partial charge in [0.2, 0.25) is 11.8 Å². The van der Waals surface area contributed by atoms with Crippen LogP contribution in [0.3, 0.4) is 0 Å². The second kappa shape index (κ2) is 9.48. The van der Waals surface area contributed by atoms with Gasteiger partial charge in [0.1, 0.15) is 11.5 Å². The summed E-state index contributed by atoms with van der Waals surface area (Å²) in [7, 11) is 4.96. The lowest BCUT2D eigenvalue weighted by molar-refractivity contribution is -0.126. The van der Waals surface area contributed by atoms with E-state index in [4.69, 9.17) is 9.47 Å². The number of hydrogen-bond acceptors (Lipinski definition) is 5. The molecule has 0 radical (unpaired) electrons. The van der Waals surface area contributed by atoms with E-state index in [1.165, 1.54) is 0 Å². The normalized spacial score (nSPS) is 17.7. The number of likely N-dealkylation sites (N-methyl/N-ethyl adjacent to an activating group) is 1. The summed E-state index contributed by atoms with van der Waals surface area (Å²) < 4.78 is 10.5. The third-order valence-corrected chi connectivity index (χ3v) is 4.22. The number of methoxy groups -OCH3 is 2. The van der Waals surface area contributed by atoms with Crippen LogP contribution in [0.2, 0.25) is 0 Å². The second-order valence-electron chi connectivity index (χ2n) is 5.91. The van der Waals surface area contributed by atoms with Crippen molar-refractivity contribution < 1.29 is 19.1 Å². The number of nitrogens with one attached hydrogen (secondary N) is 2. The minimum absolute atomic E-state index is 0. The molecule has 2 rings (SSSR count). The fourth-order valence-electron chi connectivity index (χ4n) is 2.58. The van der Waals surface area contributed by atoms with Crippen molar-refractivity contribution in [3.63, 3.8) is 0 Å². The summed E-state index contributed by atoms with van der Waals surface area (Å²) in [6.45, 7) is 2.87. The number of anilines is 1. The molecule has 1 aliphatic heterocycles. The van der Waals surface area contributed by atoms with Gasteiger partial charge in [-0.2, -0.15) is 0 Å². The van der Waals surface area contributed by atoms with Crippen molar-refractivity contribution in [3.05, 3.63) is 18.2 Å². The summed E-state index contributed by atoms with van der Waals surface area (Å²) in [6, 6.07) is 5.46. The highest BCUT2D eigenvalue weighted by Gasteiger charge is 2.35. The molecule has 7 nitrogen and oxygen atoms in total. The van der Waals surface area contributed by atoms with Crippen molar-refractivity contribution in [1.29, 1.82) is 0 Å².